The van der Waals surface area contributed by atoms with Gasteiger partial charge in [-0.1, -0.05) is 32.6 Å². The maximum atomic E-state index is 4.19. The average molecular weight is 190 g/mol. The van der Waals surface area contributed by atoms with Gasteiger partial charge in [-0.25, -0.2) is 0 Å². The lowest BCUT2D eigenvalue weighted by atomic mass is 10.2. The summed E-state index contributed by atoms with van der Waals surface area (Å²) in [7, 11) is 0. The van der Waals surface area contributed by atoms with Gasteiger partial charge in [-0.3, -0.25) is 4.98 Å². The largest absolute Gasteiger partial charge is 0.380 e. The van der Waals surface area contributed by atoms with Gasteiger partial charge in [0.05, 0.1) is 11.7 Å². The van der Waals surface area contributed by atoms with E-state index in [0.717, 1.165) is 5.69 Å². The molecular formula is C12H18N2. The van der Waals surface area contributed by atoms with Crippen molar-refractivity contribution in [1.29, 1.82) is 0 Å². The molecule has 1 heterocycles. The standard InChI is InChI=1S/C10H12N2.C2H6/c1-3-9(11-4-2)10-7-5-6-8-12-10;1-2/h3-9,11H,1-2H2;1-2H3. The zero-order valence-electron chi connectivity index (χ0n) is 8.90. The summed E-state index contributed by atoms with van der Waals surface area (Å²) >= 11 is 0. The fraction of sp³-hybridized carbons (Fsp3) is 0.250. The lowest BCUT2D eigenvalue weighted by Crippen LogP contribution is -2.13. The summed E-state index contributed by atoms with van der Waals surface area (Å²) in [6.45, 7) is 11.3. The quantitative estimate of drug-likeness (QED) is 0.738. The average Bonchev–Trinajstić information content (AvgIpc) is 2.30. The number of hydrogen-bond donors (Lipinski definition) is 1. The Balaban J connectivity index is 0.000000791. The van der Waals surface area contributed by atoms with E-state index in [1.165, 1.54) is 0 Å². The van der Waals surface area contributed by atoms with Crippen LogP contribution in [0.5, 0.6) is 0 Å². The van der Waals surface area contributed by atoms with Crippen LogP contribution in [0.25, 0.3) is 0 Å². The molecule has 1 N–H and O–H groups in total. The van der Waals surface area contributed by atoms with Crippen molar-refractivity contribution >= 4 is 0 Å². The SMILES string of the molecule is C=CNC(C=C)c1ccccn1.CC. The number of rotatable bonds is 4. The molecule has 0 saturated carbocycles. The van der Waals surface area contributed by atoms with Crippen LogP contribution in [0, 0.1) is 0 Å². The zero-order valence-corrected chi connectivity index (χ0v) is 8.90. The molecule has 0 radical (unpaired) electrons. The summed E-state index contributed by atoms with van der Waals surface area (Å²) in [5, 5.41) is 3.03. The third-order valence-electron chi connectivity index (χ3n) is 1.54. The van der Waals surface area contributed by atoms with Crippen LogP contribution in [0.15, 0.2) is 49.8 Å². The first kappa shape index (κ1) is 12.4. The Morgan fingerprint density at radius 2 is 2.07 bits per heavy atom. The fourth-order valence-electron chi connectivity index (χ4n) is 0.961. The summed E-state index contributed by atoms with van der Waals surface area (Å²) < 4.78 is 0. The van der Waals surface area contributed by atoms with Gasteiger partial charge in [-0.2, -0.15) is 0 Å². The topological polar surface area (TPSA) is 24.9 Å². The van der Waals surface area contributed by atoms with Crippen molar-refractivity contribution in [3.05, 3.63) is 55.5 Å². The predicted octanol–water partition coefficient (Wildman–Crippen LogP) is 3.07. The fourth-order valence-corrected chi connectivity index (χ4v) is 0.961. The van der Waals surface area contributed by atoms with Gasteiger partial charge in [0.15, 0.2) is 0 Å². The second kappa shape index (κ2) is 8.05. The first-order chi connectivity index (χ1) is 6.88. The van der Waals surface area contributed by atoms with E-state index in [2.05, 4.69) is 23.5 Å². The molecule has 2 nitrogen and oxygen atoms in total. The van der Waals surface area contributed by atoms with Crippen LogP contribution >= 0.6 is 0 Å². The van der Waals surface area contributed by atoms with Gasteiger partial charge in [-0.15, -0.1) is 6.58 Å². The first-order valence-corrected chi connectivity index (χ1v) is 4.79. The summed E-state index contributed by atoms with van der Waals surface area (Å²) in [5.41, 5.74) is 0.951. The molecule has 0 aliphatic heterocycles. The van der Waals surface area contributed by atoms with Crippen LogP contribution < -0.4 is 5.32 Å². The summed E-state index contributed by atoms with van der Waals surface area (Å²) in [5.74, 6) is 0. The number of pyridine rings is 1. The minimum atomic E-state index is 0.0590. The highest BCUT2D eigenvalue weighted by Gasteiger charge is 2.03. The van der Waals surface area contributed by atoms with Crippen LogP contribution in [0.2, 0.25) is 0 Å². The first-order valence-electron chi connectivity index (χ1n) is 4.79. The monoisotopic (exact) mass is 190 g/mol. The van der Waals surface area contributed by atoms with E-state index in [-0.39, 0.29) is 6.04 Å². The molecular weight excluding hydrogens is 172 g/mol. The zero-order chi connectivity index (χ0) is 10.8. The van der Waals surface area contributed by atoms with E-state index >= 15 is 0 Å². The highest BCUT2D eigenvalue weighted by atomic mass is 14.9. The Kier molecular flexibility index (Phi) is 7.15. The molecule has 76 valence electrons. The van der Waals surface area contributed by atoms with Crippen molar-refractivity contribution in [3.63, 3.8) is 0 Å². The Labute approximate surface area is 86.4 Å². The molecule has 0 fully saturated rings. The molecule has 0 saturated heterocycles. The van der Waals surface area contributed by atoms with Gasteiger partial charge in [0.25, 0.3) is 0 Å². The number of hydrogen-bond acceptors (Lipinski definition) is 2. The molecule has 0 aliphatic carbocycles. The molecule has 0 bridgehead atoms. The summed E-state index contributed by atoms with van der Waals surface area (Å²) in [6, 6.07) is 5.84. The van der Waals surface area contributed by atoms with Crippen molar-refractivity contribution < 1.29 is 0 Å². The van der Waals surface area contributed by atoms with Crippen LogP contribution in [0.1, 0.15) is 25.6 Å². The van der Waals surface area contributed by atoms with Crippen molar-refractivity contribution in [2.24, 2.45) is 0 Å². The highest BCUT2D eigenvalue weighted by Crippen LogP contribution is 2.09. The van der Waals surface area contributed by atoms with Gasteiger partial charge in [0, 0.05) is 6.20 Å². The maximum absolute atomic E-state index is 4.19. The second-order valence-electron chi connectivity index (χ2n) is 2.34. The molecule has 14 heavy (non-hydrogen) atoms. The molecule has 2 heteroatoms. The Morgan fingerprint density at radius 3 is 2.50 bits per heavy atom. The molecule has 0 aliphatic rings. The van der Waals surface area contributed by atoms with Gasteiger partial charge in [0.1, 0.15) is 0 Å². The summed E-state index contributed by atoms with van der Waals surface area (Å²) in [4.78, 5) is 4.19. The molecule has 1 aromatic heterocycles. The third kappa shape index (κ3) is 3.90. The van der Waals surface area contributed by atoms with Gasteiger partial charge in [0.2, 0.25) is 0 Å². The molecule has 1 unspecified atom stereocenters. The molecule has 0 amide bonds. The lowest BCUT2D eigenvalue weighted by Gasteiger charge is -2.10. The third-order valence-corrected chi connectivity index (χ3v) is 1.54. The number of nitrogens with one attached hydrogen (secondary N) is 1. The number of aromatic nitrogens is 1. The van der Waals surface area contributed by atoms with Crippen molar-refractivity contribution in [2.75, 3.05) is 0 Å². The smallest absolute Gasteiger partial charge is 0.0862 e. The predicted molar refractivity (Wildman–Crippen MR) is 61.9 cm³/mol. The van der Waals surface area contributed by atoms with Gasteiger partial charge in [-0.05, 0) is 18.3 Å². The molecule has 1 atom stereocenters. The lowest BCUT2D eigenvalue weighted by molar-refractivity contribution is 0.732. The van der Waals surface area contributed by atoms with Gasteiger partial charge >= 0.3 is 0 Å². The van der Waals surface area contributed by atoms with E-state index in [0.29, 0.717) is 0 Å². The van der Waals surface area contributed by atoms with E-state index in [1.807, 2.05) is 32.0 Å². The normalized spacial score (nSPS) is 10.4. The van der Waals surface area contributed by atoms with E-state index in [1.54, 1.807) is 18.5 Å². The minimum absolute atomic E-state index is 0.0590. The second-order valence-corrected chi connectivity index (χ2v) is 2.34. The maximum Gasteiger partial charge on any atom is 0.0862 e. The van der Waals surface area contributed by atoms with E-state index in [4.69, 9.17) is 0 Å². The molecule has 1 rings (SSSR count). The van der Waals surface area contributed by atoms with Crippen molar-refractivity contribution in [2.45, 2.75) is 19.9 Å². The Morgan fingerprint density at radius 1 is 1.36 bits per heavy atom. The van der Waals surface area contributed by atoms with Gasteiger partial charge < -0.3 is 5.32 Å². The Hall–Kier alpha value is -1.57. The number of nitrogens with zero attached hydrogens (tertiary/aromatic N) is 1. The Bertz CT molecular complexity index is 254. The minimum Gasteiger partial charge on any atom is -0.380 e. The van der Waals surface area contributed by atoms with E-state index in [9.17, 15) is 0 Å². The van der Waals surface area contributed by atoms with Crippen LogP contribution in [0.4, 0.5) is 0 Å². The van der Waals surface area contributed by atoms with E-state index < -0.39 is 0 Å². The van der Waals surface area contributed by atoms with Crippen molar-refractivity contribution in [1.82, 2.24) is 10.3 Å². The van der Waals surface area contributed by atoms with Crippen LogP contribution in [-0.4, -0.2) is 4.98 Å². The highest BCUT2D eigenvalue weighted by molar-refractivity contribution is 5.14. The molecule has 0 aromatic carbocycles. The summed E-state index contributed by atoms with van der Waals surface area (Å²) in [6.07, 6.45) is 5.20. The van der Waals surface area contributed by atoms with Crippen LogP contribution in [0.3, 0.4) is 0 Å². The molecule has 0 spiro atoms. The van der Waals surface area contributed by atoms with Crippen molar-refractivity contribution in [3.8, 4) is 0 Å². The molecule has 1 aromatic rings. The van der Waals surface area contributed by atoms with Crippen LogP contribution in [-0.2, 0) is 0 Å².